The molecule has 0 bridgehead atoms. The molecule has 34 heavy (non-hydrogen) atoms. The van der Waals surface area contributed by atoms with E-state index in [9.17, 15) is 18.5 Å². The van der Waals surface area contributed by atoms with Gasteiger partial charge in [0.15, 0.2) is 5.82 Å². The molecule has 9 nitrogen and oxygen atoms in total. The third kappa shape index (κ3) is 4.51. The third-order valence-electron chi connectivity index (χ3n) is 6.33. The maximum atomic E-state index is 13.2. The average molecular weight is 482 g/mol. The Hall–Kier alpha value is -3.37. The van der Waals surface area contributed by atoms with Gasteiger partial charge >= 0.3 is 0 Å². The first-order valence-electron chi connectivity index (χ1n) is 11.0. The lowest BCUT2D eigenvalue weighted by molar-refractivity contribution is -0.385. The number of benzene rings is 2. The maximum absolute atomic E-state index is 13.2. The van der Waals surface area contributed by atoms with E-state index in [1.807, 2.05) is 17.0 Å². The molecule has 0 saturated carbocycles. The second kappa shape index (κ2) is 9.11. The van der Waals surface area contributed by atoms with E-state index in [0.29, 0.717) is 24.5 Å². The quantitative estimate of drug-likeness (QED) is 0.403. The van der Waals surface area contributed by atoms with Gasteiger partial charge in [-0.05, 0) is 68.1 Å². The normalized spacial score (nSPS) is 14.9. The fourth-order valence-corrected chi connectivity index (χ4v) is 5.82. The molecule has 0 amide bonds. The molecule has 10 heteroatoms. The number of hydrogen-bond acceptors (Lipinski definition) is 7. The Morgan fingerprint density at radius 1 is 0.824 bits per heavy atom. The molecule has 0 unspecified atom stereocenters. The van der Waals surface area contributed by atoms with E-state index >= 15 is 0 Å². The largest absolute Gasteiger partial charge is 0.352 e. The van der Waals surface area contributed by atoms with Gasteiger partial charge in [-0.2, -0.15) is 4.31 Å². The van der Waals surface area contributed by atoms with E-state index in [1.165, 1.54) is 27.6 Å². The number of rotatable bonds is 5. The molecule has 1 aliphatic rings. The molecule has 1 fully saturated rings. The Balaban J connectivity index is 1.49. The number of anilines is 1. The summed E-state index contributed by atoms with van der Waals surface area (Å²) in [5.74, 6) is 0.689. The van der Waals surface area contributed by atoms with E-state index < -0.39 is 14.9 Å². The van der Waals surface area contributed by atoms with Crippen molar-refractivity contribution in [3.63, 3.8) is 0 Å². The van der Waals surface area contributed by atoms with Gasteiger partial charge in [-0.15, -0.1) is 10.2 Å². The van der Waals surface area contributed by atoms with E-state index in [1.54, 1.807) is 6.92 Å². The monoisotopic (exact) mass is 481 g/mol. The zero-order chi connectivity index (χ0) is 24.6. The topological polar surface area (TPSA) is 110 Å². The Bertz CT molecular complexity index is 1350. The number of nitro groups is 1. The van der Waals surface area contributed by atoms with Crippen molar-refractivity contribution in [2.75, 3.05) is 31.1 Å². The molecular weight excluding hydrogens is 454 g/mol. The minimum atomic E-state index is -3.84. The first-order chi connectivity index (χ1) is 16.1. The molecule has 3 aromatic rings. The van der Waals surface area contributed by atoms with Crippen LogP contribution in [0, 0.1) is 37.8 Å². The fraction of sp³-hybridized carbons (Fsp3) is 0.333. The maximum Gasteiger partial charge on any atom is 0.270 e. The highest BCUT2D eigenvalue weighted by molar-refractivity contribution is 7.89. The second-order valence-corrected chi connectivity index (χ2v) is 10.5. The summed E-state index contributed by atoms with van der Waals surface area (Å²) in [6.07, 6.45) is 0. The van der Waals surface area contributed by atoms with E-state index in [4.69, 9.17) is 0 Å². The van der Waals surface area contributed by atoms with Crippen molar-refractivity contribution in [3.8, 4) is 11.3 Å². The SMILES string of the molecule is Cc1cc(C)c(-c2ccc(N3CCN(S(=O)(=O)c4cc([N+](=O)[O-])ccc4C)CC3)nn2)cc1C. The molecule has 2 aromatic carbocycles. The standard InChI is InChI=1S/C24H27N5O4S/c1-16-5-6-20(29(30)31)15-23(16)34(32,33)28-11-9-27(10-12-28)24-8-7-22(25-26-24)21-14-18(3)17(2)13-19(21)4/h5-8,13-15H,9-12H2,1-4H3. The molecule has 0 spiro atoms. The Kier molecular flexibility index (Phi) is 6.37. The summed E-state index contributed by atoms with van der Waals surface area (Å²) in [4.78, 5) is 12.5. The molecule has 0 N–H and O–H groups in total. The molecule has 1 aromatic heterocycles. The lowest BCUT2D eigenvalue weighted by Crippen LogP contribution is -2.49. The first-order valence-corrected chi connectivity index (χ1v) is 12.4. The highest BCUT2D eigenvalue weighted by Gasteiger charge is 2.31. The Morgan fingerprint density at radius 2 is 1.50 bits per heavy atom. The van der Waals surface area contributed by atoms with Crippen molar-refractivity contribution in [2.24, 2.45) is 0 Å². The smallest absolute Gasteiger partial charge is 0.270 e. The van der Waals surface area contributed by atoms with Gasteiger partial charge in [0, 0.05) is 43.9 Å². The minimum Gasteiger partial charge on any atom is -0.352 e. The predicted molar refractivity (Wildman–Crippen MR) is 130 cm³/mol. The molecule has 0 atom stereocenters. The van der Waals surface area contributed by atoms with Gasteiger partial charge in [-0.3, -0.25) is 10.1 Å². The van der Waals surface area contributed by atoms with Crippen LogP contribution >= 0.6 is 0 Å². The minimum absolute atomic E-state index is 0.0249. The summed E-state index contributed by atoms with van der Waals surface area (Å²) in [5.41, 5.74) is 5.66. The molecule has 0 radical (unpaired) electrons. The number of aromatic nitrogens is 2. The summed E-state index contributed by atoms with van der Waals surface area (Å²) in [5, 5.41) is 19.9. The summed E-state index contributed by atoms with van der Waals surface area (Å²) in [6, 6.07) is 12.0. The van der Waals surface area contributed by atoms with Gasteiger partial charge in [0.25, 0.3) is 5.69 Å². The van der Waals surface area contributed by atoms with E-state index in [2.05, 4.69) is 43.1 Å². The van der Waals surface area contributed by atoms with Crippen LogP contribution in [0.1, 0.15) is 22.3 Å². The number of hydrogen-bond donors (Lipinski definition) is 0. The van der Waals surface area contributed by atoms with E-state index in [-0.39, 0.29) is 23.7 Å². The van der Waals surface area contributed by atoms with Crippen molar-refractivity contribution in [1.82, 2.24) is 14.5 Å². The number of nitro benzene ring substituents is 1. The van der Waals surface area contributed by atoms with Crippen LogP contribution in [-0.4, -0.2) is 54.0 Å². The molecule has 178 valence electrons. The summed E-state index contributed by atoms with van der Waals surface area (Å²) >= 11 is 0. The van der Waals surface area contributed by atoms with Crippen molar-refractivity contribution in [2.45, 2.75) is 32.6 Å². The van der Waals surface area contributed by atoms with Crippen LogP contribution < -0.4 is 4.90 Å². The van der Waals surface area contributed by atoms with Crippen LogP contribution in [0.25, 0.3) is 11.3 Å². The molecule has 1 aliphatic heterocycles. The van der Waals surface area contributed by atoms with Crippen molar-refractivity contribution >= 4 is 21.5 Å². The van der Waals surface area contributed by atoms with Crippen LogP contribution in [0.5, 0.6) is 0 Å². The first kappa shape index (κ1) is 23.8. The lowest BCUT2D eigenvalue weighted by atomic mass is 9.99. The molecular formula is C24H27N5O4S. The molecule has 0 aliphatic carbocycles. The van der Waals surface area contributed by atoms with Crippen molar-refractivity contribution < 1.29 is 13.3 Å². The average Bonchev–Trinajstić information content (AvgIpc) is 2.81. The molecule has 2 heterocycles. The van der Waals surface area contributed by atoms with Crippen molar-refractivity contribution in [3.05, 3.63) is 74.8 Å². The number of aryl methyl sites for hydroxylation is 4. The number of nitrogens with zero attached hydrogens (tertiary/aromatic N) is 5. The third-order valence-corrected chi connectivity index (χ3v) is 8.37. The lowest BCUT2D eigenvalue weighted by Gasteiger charge is -2.34. The molecule has 1 saturated heterocycles. The highest BCUT2D eigenvalue weighted by atomic mass is 32.2. The summed E-state index contributed by atoms with van der Waals surface area (Å²) < 4.78 is 27.7. The van der Waals surface area contributed by atoms with Gasteiger partial charge in [-0.25, -0.2) is 8.42 Å². The zero-order valence-electron chi connectivity index (χ0n) is 19.6. The van der Waals surface area contributed by atoms with Gasteiger partial charge in [-0.1, -0.05) is 12.1 Å². The number of non-ortho nitro benzene ring substituents is 1. The number of piperazine rings is 1. The summed E-state index contributed by atoms with van der Waals surface area (Å²) in [6.45, 7) is 9.26. The summed E-state index contributed by atoms with van der Waals surface area (Å²) in [7, 11) is -3.84. The molecule has 4 rings (SSSR count). The Labute approximate surface area is 199 Å². The van der Waals surface area contributed by atoms with Crippen LogP contribution in [-0.2, 0) is 10.0 Å². The van der Waals surface area contributed by atoms with Gasteiger partial charge < -0.3 is 4.90 Å². The van der Waals surface area contributed by atoms with E-state index in [0.717, 1.165) is 22.9 Å². The fourth-order valence-electron chi connectivity index (χ4n) is 4.15. The number of sulfonamides is 1. The Morgan fingerprint density at radius 3 is 2.12 bits per heavy atom. The van der Waals surface area contributed by atoms with Gasteiger partial charge in [0.2, 0.25) is 10.0 Å². The zero-order valence-corrected chi connectivity index (χ0v) is 20.5. The van der Waals surface area contributed by atoms with Gasteiger partial charge in [0.05, 0.1) is 15.5 Å². The van der Waals surface area contributed by atoms with Crippen LogP contribution in [0.2, 0.25) is 0 Å². The van der Waals surface area contributed by atoms with Crippen LogP contribution in [0.3, 0.4) is 0 Å². The predicted octanol–water partition coefficient (Wildman–Crippen LogP) is 3.80. The highest BCUT2D eigenvalue weighted by Crippen LogP contribution is 2.28. The van der Waals surface area contributed by atoms with Crippen LogP contribution in [0.15, 0.2) is 47.4 Å². The van der Waals surface area contributed by atoms with Crippen molar-refractivity contribution in [1.29, 1.82) is 0 Å². The second-order valence-electron chi connectivity index (χ2n) is 8.63. The van der Waals surface area contributed by atoms with Gasteiger partial charge in [0.1, 0.15) is 0 Å². The van der Waals surface area contributed by atoms with Crippen LogP contribution in [0.4, 0.5) is 11.5 Å².